The van der Waals surface area contributed by atoms with Gasteiger partial charge in [0, 0.05) is 26.2 Å². The number of carbonyl (C=O) groups excluding carboxylic acids is 1. The number of carbonyl (C=O) groups is 1. The lowest BCUT2D eigenvalue weighted by molar-refractivity contribution is 0.149. The third-order valence-corrected chi connectivity index (χ3v) is 3.21. The predicted octanol–water partition coefficient (Wildman–Crippen LogP) is 1.58. The molecule has 98 valence electrons. The molecule has 0 spiro atoms. The Morgan fingerprint density at radius 1 is 1.39 bits per heavy atom. The van der Waals surface area contributed by atoms with Crippen molar-refractivity contribution >= 4 is 6.03 Å². The maximum absolute atomic E-state index is 12.1. The second-order valence-corrected chi connectivity index (χ2v) is 4.65. The summed E-state index contributed by atoms with van der Waals surface area (Å²) < 4.78 is 0. The number of rotatable bonds is 5. The van der Waals surface area contributed by atoms with Crippen molar-refractivity contribution in [3.8, 4) is 0 Å². The van der Waals surface area contributed by atoms with E-state index in [0.717, 1.165) is 31.6 Å². The summed E-state index contributed by atoms with van der Waals surface area (Å²) in [7, 11) is 0. The van der Waals surface area contributed by atoms with Crippen LogP contribution in [0.3, 0.4) is 0 Å². The smallest absolute Gasteiger partial charge is 0.318 e. The predicted molar refractivity (Wildman–Crippen MR) is 72.3 cm³/mol. The van der Waals surface area contributed by atoms with Crippen LogP contribution in [0, 0.1) is 0 Å². The average molecular weight is 247 g/mol. The molecule has 1 saturated heterocycles. The first kappa shape index (κ1) is 12.9. The van der Waals surface area contributed by atoms with Gasteiger partial charge in [-0.3, -0.25) is 0 Å². The van der Waals surface area contributed by atoms with Gasteiger partial charge in [-0.25, -0.2) is 4.79 Å². The van der Waals surface area contributed by atoms with Crippen LogP contribution >= 0.6 is 0 Å². The maximum atomic E-state index is 12.1. The van der Waals surface area contributed by atoms with Crippen molar-refractivity contribution in [3.05, 3.63) is 35.9 Å². The van der Waals surface area contributed by atoms with Crippen molar-refractivity contribution in [2.45, 2.75) is 25.9 Å². The number of urea groups is 1. The van der Waals surface area contributed by atoms with Gasteiger partial charge in [0.2, 0.25) is 0 Å². The number of nitrogens with zero attached hydrogens (tertiary/aromatic N) is 1. The highest BCUT2D eigenvalue weighted by atomic mass is 16.2. The lowest BCUT2D eigenvalue weighted by Gasteiger charge is -2.38. The third kappa shape index (κ3) is 3.23. The topological polar surface area (TPSA) is 44.4 Å². The summed E-state index contributed by atoms with van der Waals surface area (Å²) in [4.78, 5) is 14.1. The summed E-state index contributed by atoms with van der Waals surface area (Å²) in [6.45, 7) is 5.36. The summed E-state index contributed by atoms with van der Waals surface area (Å²) in [5, 5.41) is 6.20. The lowest BCUT2D eigenvalue weighted by atomic mass is 10.1. The molecule has 18 heavy (non-hydrogen) atoms. The van der Waals surface area contributed by atoms with Crippen molar-refractivity contribution in [1.29, 1.82) is 0 Å². The second kappa shape index (κ2) is 6.40. The zero-order valence-corrected chi connectivity index (χ0v) is 10.9. The van der Waals surface area contributed by atoms with Gasteiger partial charge < -0.3 is 15.5 Å². The molecule has 0 atom stereocenters. The normalized spacial score (nSPS) is 14.9. The van der Waals surface area contributed by atoms with Crippen LogP contribution in [0.15, 0.2) is 30.3 Å². The van der Waals surface area contributed by atoms with Crippen LogP contribution < -0.4 is 10.6 Å². The monoisotopic (exact) mass is 247 g/mol. The van der Waals surface area contributed by atoms with Gasteiger partial charge in [-0.1, -0.05) is 37.3 Å². The first-order chi connectivity index (χ1) is 8.81. The van der Waals surface area contributed by atoms with Gasteiger partial charge in [-0.05, 0) is 12.0 Å². The van der Waals surface area contributed by atoms with E-state index in [4.69, 9.17) is 0 Å². The fraction of sp³-hybridized carbons (Fsp3) is 0.500. The second-order valence-electron chi connectivity index (χ2n) is 4.65. The molecule has 0 saturated carbocycles. The number of nitrogens with one attached hydrogen (secondary N) is 2. The molecule has 1 aliphatic heterocycles. The fourth-order valence-electron chi connectivity index (χ4n) is 2.06. The Morgan fingerprint density at radius 3 is 2.67 bits per heavy atom. The molecule has 2 rings (SSSR count). The highest BCUT2D eigenvalue weighted by Crippen LogP contribution is 2.07. The minimum Gasteiger partial charge on any atom is -0.334 e. The van der Waals surface area contributed by atoms with Crippen LogP contribution in [-0.2, 0) is 6.54 Å². The highest BCUT2D eigenvalue weighted by molar-refractivity contribution is 5.74. The molecule has 4 heteroatoms. The van der Waals surface area contributed by atoms with Crippen molar-refractivity contribution < 1.29 is 4.79 Å². The van der Waals surface area contributed by atoms with E-state index in [9.17, 15) is 4.79 Å². The Bertz CT molecular complexity index is 376. The summed E-state index contributed by atoms with van der Waals surface area (Å²) in [6, 6.07) is 10.4. The largest absolute Gasteiger partial charge is 0.334 e. The van der Waals surface area contributed by atoms with Crippen LogP contribution in [0.4, 0.5) is 4.79 Å². The zero-order valence-electron chi connectivity index (χ0n) is 10.9. The molecule has 4 nitrogen and oxygen atoms in total. The Hall–Kier alpha value is -1.55. The molecule has 0 unspecified atom stereocenters. The fourth-order valence-corrected chi connectivity index (χ4v) is 2.06. The Kier molecular flexibility index (Phi) is 4.59. The van der Waals surface area contributed by atoms with Crippen molar-refractivity contribution in [1.82, 2.24) is 15.5 Å². The molecule has 0 bridgehead atoms. The molecule has 1 aromatic carbocycles. The van der Waals surface area contributed by atoms with Gasteiger partial charge in [0.25, 0.3) is 0 Å². The van der Waals surface area contributed by atoms with E-state index in [1.54, 1.807) is 0 Å². The quantitative estimate of drug-likeness (QED) is 0.829. The number of benzene rings is 1. The van der Waals surface area contributed by atoms with Gasteiger partial charge in [-0.15, -0.1) is 0 Å². The lowest BCUT2D eigenvalue weighted by Crippen LogP contribution is -2.60. The van der Waals surface area contributed by atoms with Crippen LogP contribution in [-0.4, -0.2) is 36.6 Å². The van der Waals surface area contributed by atoms with Crippen LogP contribution in [0.2, 0.25) is 0 Å². The van der Waals surface area contributed by atoms with Gasteiger partial charge in [0.1, 0.15) is 0 Å². The number of amides is 2. The Balaban J connectivity index is 1.85. The Morgan fingerprint density at radius 2 is 2.11 bits per heavy atom. The number of hydrogen-bond acceptors (Lipinski definition) is 2. The Labute approximate surface area is 108 Å². The van der Waals surface area contributed by atoms with E-state index in [0.29, 0.717) is 12.6 Å². The zero-order chi connectivity index (χ0) is 12.8. The van der Waals surface area contributed by atoms with Crippen molar-refractivity contribution in [2.75, 3.05) is 19.6 Å². The first-order valence-electron chi connectivity index (χ1n) is 6.60. The van der Waals surface area contributed by atoms with Crippen LogP contribution in [0.25, 0.3) is 0 Å². The summed E-state index contributed by atoms with van der Waals surface area (Å²) in [6.07, 6.45) is 0.995. The summed E-state index contributed by atoms with van der Waals surface area (Å²) in [5.74, 6) is 0. The van der Waals surface area contributed by atoms with Crippen LogP contribution in [0.5, 0.6) is 0 Å². The minimum absolute atomic E-state index is 0.0483. The van der Waals surface area contributed by atoms with Crippen molar-refractivity contribution in [3.63, 3.8) is 0 Å². The number of hydrogen-bond donors (Lipinski definition) is 2. The maximum Gasteiger partial charge on any atom is 0.318 e. The summed E-state index contributed by atoms with van der Waals surface area (Å²) >= 11 is 0. The van der Waals surface area contributed by atoms with E-state index in [1.807, 2.05) is 35.2 Å². The molecular formula is C14H21N3O. The molecule has 2 N–H and O–H groups in total. The van der Waals surface area contributed by atoms with Gasteiger partial charge in [-0.2, -0.15) is 0 Å². The molecule has 1 fully saturated rings. The third-order valence-electron chi connectivity index (χ3n) is 3.21. The first-order valence-corrected chi connectivity index (χ1v) is 6.60. The van der Waals surface area contributed by atoms with E-state index in [2.05, 4.69) is 17.6 Å². The van der Waals surface area contributed by atoms with E-state index in [1.165, 1.54) is 0 Å². The van der Waals surface area contributed by atoms with E-state index >= 15 is 0 Å². The molecule has 0 aromatic heterocycles. The SMILES string of the molecule is CCCN(C(=O)NCc1ccccc1)C1CNC1. The molecule has 0 aliphatic carbocycles. The van der Waals surface area contributed by atoms with Gasteiger partial charge in [0.05, 0.1) is 6.04 Å². The van der Waals surface area contributed by atoms with E-state index in [-0.39, 0.29) is 6.03 Å². The molecule has 1 heterocycles. The van der Waals surface area contributed by atoms with Crippen LogP contribution in [0.1, 0.15) is 18.9 Å². The molecular weight excluding hydrogens is 226 g/mol. The van der Waals surface area contributed by atoms with Gasteiger partial charge in [0.15, 0.2) is 0 Å². The molecule has 1 aromatic rings. The standard InChI is InChI=1S/C14H21N3O/c1-2-8-17(13-10-15-11-13)14(18)16-9-12-6-4-3-5-7-12/h3-7,13,15H,2,8-11H2,1H3,(H,16,18). The van der Waals surface area contributed by atoms with E-state index < -0.39 is 0 Å². The minimum atomic E-state index is 0.0483. The molecule has 0 radical (unpaired) electrons. The van der Waals surface area contributed by atoms with Crippen molar-refractivity contribution in [2.24, 2.45) is 0 Å². The average Bonchev–Trinajstić information content (AvgIpc) is 2.34. The summed E-state index contributed by atoms with van der Waals surface area (Å²) in [5.41, 5.74) is 1.13. The molecule has 2 amide bonds. The van der Waals surface area contributed by atoms with Gasteiger partial charge >= 0.3 is 6.03 Å². The molecule has 1 aliphatic rings. The highest BCUT2D eigenvalue weighted by Gasteiger charge is 2.27.